The van der Waals surface area contributed by atoms with Crippen LogP contribution in [0.2, 0.25) is 0 Å². The van der Waals surface area contributed by atoms with Crippen LogP contribution in [-0.2, 0) is 0 Å². The highest BCUT2D eigenvalue weighted by Crippen LogP contribution is 2.06. The number of nitrogens with two attached hydrogens (primary N) is 1. The van der Waals surface area contributed by atoms with Crippen molar-refractivity contribution in [1.29, 1.82) is 0 Å². The maximum atomic E-state index is 5.50. The third-order valence-corrected chi connectivity index (χ3v) is 3.31. The number of thiocarbonyl (C=S) groups is 1. The topological polar surface area (TPSA) is 50.9 Å². The molecule has 0 spiro atoms. The molecule has 0 radical (unpaired) electrons. The summed E-state index contributed by atoms with van der Waals surface area (Å²) in [5, 5.41) is 3.29. The SMILES string of the molecule is CSCCCCCNc1ccc(C(N)=S)cn1. The molecule has 0 bridgehead atoms. The van der Waals surface area contributed by atoms with Crippen LogP contribution in [0.25, 0.3) is 0 Å². The van der Waals surface area contributed by atoms with E-state index >= 15 is 0 Å². The van der Waals surface area contributed by atoms with Crippen molar-refractivity contribution in [2.75, 3.05) is 23.9 Å². The second-order valence-corrected chi connectivity index (χ2v) is 5.20. The van der Waals surface area contributed by atoms with E-state index in [9.17, 15) is 0 Å². The molecule has 0 saturated carbocycles. The molecule has 0 aliphatic rings. The molecule has 0 fully saturated rings. The maximum Gasteiger partial charge on any atom is 0.125 e. The number of nitrogens with zero attached hydrogens (tertiary/aromatic N) is 1. The number of unbranched alkanes of at least 4 members (excludes halogenated alkanes) is 2. The lowest BCUT2D eigenvalue weighted by Crippen LogP contribution is -2.10. The summed E-state index contributed by atoms with van der Waals surface area (Å²) in [4.78, 5) is 4.64. The normalized spacial score (nSPS) is 10.2. The zero-order valence-corrected chi connectivity index (χ0v) is 11.7. The van der Waals surface area contributed by atoms with Gasteiger partial charge in [-0.1, -0.05) is 18.6 Å². The average Bonchev–Trinajstić information content (AvgIpc) is 2.34. The number of pyridine rings is 1. The Balaban J connectivity index is 2.21. The van der Waals surface area contributed by atoms with Gasteiger partial charge >= 0.3 is 0 Å². The smallest absolute Gasteiger partial charge is 0.125 e. The number of rotatable bonds is 8. The van der Waals surface area contributed by atoms with Gasteiger partial charge in [0.05, 0.1) is 0 Å². The highest BCUT2D eigenvalue weighted by molar-refractivity contribution is 7.98. The minimum Gasteiger partial charge on any atom is -0.389 e. The minimum atomic E-state index is 0.390. The molecule has 0 atom stereocenters. The molecule has 1 aromatic rings. The van der Waals surface area contributed by atoms with Crippen molar-refractivity contribution < 1.29 is 0 Å². The Morgan fingerprint density at radius 1 is 1.41 bits per heavy atom. The van der Waals surface area contributed by atoms with Gasteiger partial charge in [-0.05, 0) is 37.0 Å². The van der Waals surface area contributed by atoms with Gasteiger partial charge < -0.3 is 11.1 Å². The lowest BCUT2D eigenvalue weighted by molar-refractivity contribution is 0.748. The number of thioether (sulfide) groups is 1. The maximum absolute atomic E-state index is 5.50. The van der Waals surface area contributed by atoms with Gasteiger partial charge in [-0.15, -0.1) is 0 Å². The van der Waals surface area contributed by atoms with Crippen molar-refractivity contribution in [3.8, 4) is 0 Å². The number of hydrogen-bond donors (Lipinski definition) is 2. The van der Waals surface area contributed by atoms with Crippen molar-refractivity contribution in [2.24, 2.45) is 5.73 Å². The molecule has 0 saturated heterocycles. The summed E-state index contributed by atoms with van der Waals surface area (Å²) < 4.78 is 0. The van der Waals surface area contributed by atoms with Crippen molar-refractivity contribution in [3.05, 3.63) is 23.9 Å². The van der Waals surface area contributed by atoms with Crippen LogP contribution in [-0.4, -0.2) is 28.5 Å². The summed E-state index contributed by atoms with van der Waals surface area (Å²) in [5.74, 6) is 2.14. The Bertz CT molecular complexity index is 338. The van der Waals surface area contributed by atoms with Crippen molar-refractivity contribution in [2.45, 2.75) is 19.3 Å². The monoisotopic (exact) mass is 269 g/mol. The van der Waals surface area contributed by atoms with Crippen LogP contribution >= 0.6 is 24.0 Å². The molecular weight excluding hydrogens is 250 g/mol. The molecule has 0 amide bonds. The Morgan fingerprint density at radius 2 is 2.24 bits per heavy atom. The van der Waals surface area contributed by atoms with E-state index in [-0.39, 0.29) is 0 Å². The molecule has 0 aromatic carbocycles. The highest BCUT2D eigenvalue weighted by Gasteiger charge is 1.97. The molecule has 3 N–H and O–H groups in total. The summed E-state index contributed by atoms with van der Waals surface area (Å²) >= 11 is 6.77. The molecule has 94 valence electrons. The van der Waals surface area contributed by atoms with E-state index < -0.39 is 0 Å². The highest BCUT2D eigenvalue weighted by atomic mass is 32.2. The predicted molar refractivity (Wildman–Crippen MR) is 80.8 cm³/mol. The molecule has 5 heteroatoms. The van der Waals surface area contributed by atoms with E-state index in [2.05, 4.69) is 16.6 Å². The van der Waals surface area contributed by atoms with Gasteiger partial charge in [-0.2, -0.15) is 11.8 Å². The molecule has 1 aromatic heterocycles. The van der Waals surface area contributed by atoms with E-state index in [0.717, 1.165) is 17.9 Å². The van der Waals surface area contributed by atoms with Crippen LogP contribution in [0.1, 0.15) is 24.8 Å². The number of hydrogen-bond acceptors (Lipinski definition) is 4. The van der Waals surface area contributed by atoms with Gasteiger partial charge in [-0.3, -0.25) is 0 Å². The van der Waals surface area contributed by atoms with E-state index in [1.165, 1.54) is 25.0 Å². The molecular formula is C12H19N3S2. The fourth-order valence-corrected chi connectivity index (χ4v) is 2.02. The first-order valence-electron chi connectivity index (χ1n) is 5.72. The average molecular weight is 269 g/mol. The first-order chi connectivity index (χ1) is 8.24. The van der Waals surface area contributed by atoms with E-state index in [1.54, 1.807) is 6.20 Å². The molecule has 1 heterocycles. The Kier molecular flexibility index (Phi) is 6.96. The minimum absolute atomic E-state index is 0.390. The van der Waals surface area contributed by atoms with Crippen LogP contribution < -0.4 is 11.1 Å². The summed E-state index contributed by atoms with van der Waals surface area (Å²) in [5.41, 5.74) is 6.31. The first kappa shape index (κ1) is 14.3. The molecule has 0 aliphatic carbocycles. The lowest BCUT2D eigenvalue weighted by atomic mass is 10.2. The van der Waals surface area contributed by atoms with Gasteiger partial charge in [-0.25, -0.2) is 4.98 Å². The van der Waals surface area contributed by atoms with Crippen molar-refractivity contribution in [3.63, 3.8) is 0 Å². The molecule has 17 heavy (non-hydrogen) atoms. The van der Waals surface area contributed by atoms with Crippen molar-refractivity contribution in [1.82, 2.24) is 4.98 Å². The fraction of sp³-hybridized carbons (Fsp3) is 0.500. The summed E-state index contributed by atoms with van der Waals surface area (Å²) in [7, 11) is 0. The Hall–Kier alpha value is -0.810. The van der Waals surface area contributed by atoms with Gasteiger partial charge in [0.2, 0.25) is 0 Å². The third kappa shape index (κ3) is 5.89. The number of anilines is 1. The lowest BCUT2D eigenvalue weighted by Gasteiger charge is -2.05. The van der Waals surface area contributed by atoms with Gasteiger partial charge in [0, 0.05) is 18.3 Å². The van der Waals surface area contributed by atoms with Crippen LogP contribution in [0.4, 0.5) is 5.82 Å². The molecule has 1 rings (SSSR count). The first-order valence-corrected chi connectivity index (χ1v) is 7.53. The number of aromatic nitrogens is 1. The van der Waals surface area contributed by atoms with Crippen LogP contribution in [0.5, 0.6) is 0 Å². The predicted octanol–water partition coefficient (Wildman–Crippen LogP) is 2.66. The van der Waals surface area contributed by atoms with Crippen LogP contribution in [0, 0.1) is 0 Å². The van der Waals surface area contributed by atoms with Gasteiger partial charge in [0.1, 0.15) is 10.8 Å². The zero-order chi connectivity index (χ0) is 12.5. The molecule has 0 aliphatic heterocycles. The number of nitrogens with one attached hydrogen (secondary N) is 1. The second kappa shape index (κ2) is 8.31. The fourth-order valence-electron chi connectivity index (χ4n) is 1.41. The summed E-state index contributed by atoms with van der Waals surface area (Å²) in [6.07, 6.45) is 7.58. The van der Waals surface area contributed by atoms with Crippen LogP contribution in [0.3, 0.4) is 0 Å². The largest absolute Gasteiger partial charge is 0.389 e. The van der Waals surface area contributed by atoms with E-state index in [1.807, 2.05) is 23.9 Å². The summed E-state index contributed by atoms with van der Waals surface area (Å²) in [6.45, 7) is 0.966. The quantitative estimate of drug-likeness (QED) is 0.561. The summed E-state index contributed by atoms with van der Waals surface area (Å²) in [6, 6.07) is 3.81. The standard InChI is InChI=1S/C12H19N3S2/c1-17-8-4-2-3-7-14-11-6-5-10(9-15-11)12(13)16/h5-6,9H,2-4,7-8H2,1H3,(H2,13,16)(H,14,15). The zero-order valence-electron chi connectivity index (χ0n) is 10.1. The van der Waals surface area contributed by atoms with E-state index in [4.69, 9.17) is 18.0 Å². The van der Waals surface area contributed by atoms with Crippen molar-refractivity contribution >= 4 is 34.8 Å². The van der Waals surface area contributed by atoms with Gasteiger partial charge in [0.25, 0.3) is 0 Å². The van der Waals surface area contributed by atoms with Crippen LogP contribution in [0.15, 0.2) is 18.3 Å². The Morgan fingerprint density at radius 3 is 2.82 bits per heavy atom. The Labute approximate surface area is 113 Å². The van der Waals surface area contributed by atoms with E-state index in [0.29, 0.717) is 4.99 Å². The third-order valence-electron chi connectivity index (χ3n) is 2.38. The molecule has 3 nitrogen and oxygen atoms in total. The second-order valence-electron chi connectivity index (χ2n) is 3.78. The molecule has 0 unspecified atom stereocenters. The van der Waals surface area contributed by atoms with Gasteiger partial charge in [0.15, 0.2) is 0 Å².